The highest BCUT2D eigenvalue weighted by atomic mass is 16.7. The molecule has 2 atom stereocenters. The SMILES string of the molecule is COc1cc2c(cc1CN1CC3CCCC(C1)C3(O)c1cccnc1)OCO2. The summed E-state index contributed by atoms with van der Waals surface area (Å²) in [7, 11) is 1.69. The number of hydrogen-bond acceptors (Lipinski definition) is 6. The van der Waals surface area contributed by atoms with Crippen LogP contribution in [-0.2, 0) is 12.1 Å². The third-order valence-electron chi connectivity index (χ3n) is 6.60. The number of fused-ring (bicyclic) bond motifs is 3. The average Bonchev–Trinajstić information content (AvgIpc) is 3.16. The molecule has 3 heterocycles. The van der Waals surface area contributed by atoms with Crippen LogP contribution < -0.4 is 14.2 Å². The van der Waals surface area contributed by atoms with Gasteiger partial charge in [-0.3, -0.25) is 9.88 Å². The van der Waals surface area contributed by atoms with Crippen molar-refractivity contribution in [1.82, 2.24) is 9.88 Å². The van der Waals surface area contributed by atoms with Crippen LogP contribution >= 0.6 is 0 Å². The third kappa shape index (κ3) is 2.83. The summed E-state index contributed by atoms with van der Waals surface area (Å²) < 4.78 is 16.6. The second-order valence-electron chi connectivity index (χ2n) is 8.10. The molecule has 1 saturated heterocycles. The molecule has 1 N–H and O–H groups in total. The summed E-state index contributed by atoms with van der Waals surface area (Å²) >= 11 is 0. The lowest BCUT2D eigenvalue weighted by molar-refractivity contribution is -0.148. The van der Waals surface area contributed by atoms with Gasteiger partial charge in [-0.15, -0.1) is 0 Å². The standard InChI is InChI=1S/C22H26N2O4/c1-26-19-9-21-20(27-14-28-21)8-15(19)11-24-12-17-4-2-5-18(13-24)22(17,25)16-6-3-7-23-10-16/h3,6-10,17-18,25H,2,4-5,11-14H2,1H3. The molecule has 0 amide bonds. The lowest BCUT2D eigenvalue weighted by Crippen LogP contribution is -2.57. The molecule has 28 heavy (non-hydrogen) atoms. The maximum atomic E-state index is 11.7. The Hall–Kier alpha value is -2.31. The molecule has 2 aromatic rings. The number of aliphatic hydroxyl groups is 1. The number of pyridine rings is 1. The van der Waals surface area contributed by atoms with Crippen molar-refractivity contribution in [1.29, 1.82) is 0 Å². The Balaban J connectivity index is 1.40. The summed E-state index contributed by atoms with van der Waals surface area (Å²) in [6.45, 7) is 2.75. The van der Waals surface area contributed by atoms with E-state index >= 15 is 0 Å². The minimum absolute atomic E-state index is 0.212. The van der Waals surface area contributed by atoms with Gasteiger partial charge in [0.05, 0.1) is 12.7 Å². The van der Waals surface area contributed by atoms with Gasteiger partial charge in [-0.05, 0) is 25.0 Å². The fraction of sp³-hybridized carbons (Fsp3) is 0.500. The van der Waals surface area contributed by atoms with Crippen molar-refractivity contribution >= 4 is 0 Å². The van der Waals surface area contributed by atoms with Gasteiger partial charge in [0.1, 0.15) is 5.75 Å². The van der Waals surface area contributed by atoms with E-state index in [0.29, 0.717) is 0 Å². The van der Waals surface area contributed by atoms with E-state index in [0.717, 1.165) is 60.9 Å². The summed E-state index contributed by atoms with van der Waals surface area (Å²) in [5.41, 5.74) is 1.28. The van der Waals surface area contributed by atoms with Gasteiger partial charge in [0.15, 0.2) is 11.5 Å². The number of piperidine rings is 1. The Morgan fingerprint density at radius 3 is 2.64 bits per heavy atom. The zero-order valence-corrected chi connectivity index (χ0v) is 16.1. The second kappa shape index (κ2) is 6.94. The summed E-state index contributed by atoms with van der Waals surface area (Å²) in [5, 5.41) is 11.7. The van der Waals surface area contributed by atoms with Gasteiger partial charge in [-0.25, -0.2) is 0 Å². The quantitative estimate of drug-likeness (QED) is 0.877. The van der Waals surface area contributed by atoms with E-state index in [1.165, 1.54) is 6.42 Å². The first kappa shape index (κ1) is 17.8. The maximum absolute atomic E-state index is 11.7. The Kier molecular flexibility index (Phi) is 4.40. The predicted molar refractivity (Wildman–Crippen MR) is 103 cm³/mol. The molecule has 0 radical (unpaired) electrons. The third-order valence-corrected chi connectivity index (χ3v) is 6.60. The Morgan fingerprint density at radius 2 is 1.96 bits per heavy atom. The van der Waals surface area contributed by atoms with Gasteiger partial charge < -0.3 is 19.3 Å². The largest absolute Gasteiger partial charge is 0.496 e. The zero-order valence-electron chi connectivity index (χ0n) is 16.1. The van der Waals surface area contributed by atoms with Crippen molar-refractivity contribution in [2.24, 2.45) is 11.8 Å². The number of hydrogen-bond donors (Lipinski definition) is 1. The van der Waals surface area contributed by atoms with Crippen LogP contribution in [0.15, 0.2) is 36.7 Å². The summed E-state index contributed by atoms with van der Waals surface area (Å²) in [4.78, 5) is 6.70. The number of ether oxygens (including phenoxy) is 3. The number of aromatic nitrogens is 1. The van der Waals surface area contributed by atoms with Crippen LogP contribution in [0.4, 0.5) is 0 Å². The van der Waals surface area contributed by atoms with Crippen molar-refractivity contribution in [3.05, 3.63) is 47.8 Å². The Morgan fingerprint density at radius 1 is 1.21 bits per heavy atom. The number of likely N-dealkylation sites (tertiary alicyclic amines) is 1. The van der Waals surface area contributed by atoms with Crippen molar-refractivity contribution in [2.45, 2.75) is 31.4 Å². The summed E-state index contributed by atoms with van der Waals surface area (Å²) in [5.74, 6) is 2.76. The topological polar surface area (TPSA) is 64.1 Å². The van der Waals surface area contributed by atoms with E-state index < -0.39 is 5.60 Å². The van der Waals surface area contributed by atoms with Crippen LogP contribution in [0.1, 0.15) is 30.4 Å². The van der Waals surface area contributed by atoms with E-state index in [-0.39, 0.29) is 18.6 Å². The monoisotopic (exact) mass is 382 g/mol. The van der Waals surface area contributed by atoms with E-state index in [9.17, 15) is 5.11 Å². The van der Waals surface area contributed by atoms with Crippen LogP contribution in [0.3, 0.4) is 0 Å². The minimum atomic E-state index is -0.776. The number of nitrogens with zero attached hydrogens (tertiary/aromatic N) is 2. The van der Waals surface area contributed by atoms with Gasteiger partial charge in [-0.1, -0.05) is 12.5 Å². The van der Waals surface area contributed by atoms with Crippen LogP contribution in [-0.4, -0.2) is 42.0 Å². The van der Waals surface area contributed by atoms with Gasteiger partial charge in [0.2, 0.25) is 6.79 Å². The van der Waals surface area contributed by atoms with E-state index in [2.05, 4.69) is 9.88 Å². The first-order valence-corrected chi connectivity index (χ1v) is 10.00. The smallest absolute Gasteiger partial charge is 0.231 e. The Labute approximate surface area is 165 Å². The molecule has 2 unspecified atom stereocenters. The van der Waals surface area contributed by atoms with Gasteiger partial charge in [0, 0.05) is 61.1 Å². The molecule has 3 aliphatic rings. The van der Waals surface area contributed by atoms with E-state index in [1.54, 1.807) is 13.3 Å². The lowest BCUT2D eigenvalue weighted by atomic mass is 9.63. The van der Waals surface area contributed by atoms with Crippen molar-refractivity contribution < 1.29 is 19.3 Å². The molecule has 1 aromatic heterocycles. The molecule has 5 rings (SSSR count). The molecule has 2 bridgehead atoms. The van der Waals surface area contributed by atoms with Gasteiger partial charge >= 0.3 is 0 Å². The molecule has 1 aromatic carbocycles. The molecule has 6 nitrogen and oxygen atoms in total. The van der Waals surface area contributed by atoms with Crippen LogP contribution in [0, 0.1) is 11.8 Å². The summed E-state index contributed by atoms with van der Waals surface area (Å²) in [6.07, 6.45) is 6.86. The number of methoxy groups -OCH3 is 1. The van der Waals surface area contributed by atoms with Crippen molar-refractivity contribution in [3.63, 3.8) is 0 Å². The highest BCUT2D eigenvalue weighted by Gasteiger charge is 2.51. The first-order valence-electron chi connectivity index (χ1n) is 10.00. The first-order chi connectivity index (χ1) is 13.7. The second-order valence-corrected chi connectivity index (χ2v) is 8.10. The molecule has 0 spiro atoms. The average molecular weight is 382 g/mol. The van der Waals surface area contributed by atoms with Crippen molar-refractivity contribution in [2.75, 3.05) is 27.0 Å². The molecule has 1 aliphatic carbocycles. The van der Waals surface area contributed by atoms with E-state index in [1.807, 2.05) is 30.5 Å². The number of rotatable bonds is 4. The van der Waals surface area contributed by atoms with Gasteiger partial charge in [-0.2, -0.15) is 0 Å². The molecular formula is C22H26N2O4. The minimum Gasteiger partial charge on any atom is -0.496 e. The van der Waals surface area contributed by atoms with Crippen LogP contribution in [0.25, 0.3) is 0 Å². The lowest BCUT2D eigenvalue weighted by Gasteiger charge is -2.53. The highest BCUT2D eigenvalue weighted by molar-refractivity contribution is 5.51. The molecular weight excluding hydrogens is 356 g/mol. The van der Waals surface area contributed by atoms with Crippen LogP contribution in [0.2, 0.25) is 0 Å². The normalized spacial score (nSPS) is 28.9. The zero-order chi connectivity index (χ0) is 19.1. The maximum Gasteiger partial charge on any atom is 0.231 e. The van der Waals surface area contributed by atoms with E-state index in [4.69, 9.17) is 14.2 Å². The van der Waals surface area contributed by atoms with Crippen LogP contribution in [0.5, 0.6) is 17.2 Å². The fourth-order valence-corrected chi connectivity index (χ4v) is 5.26. The molecule has 2 aliphatic heterocycles. The predicted octanol–water partition coefficient (Wildman–Crippen LogP) is 2.94. The Bertz CT molecular complexity index is 843. The molecule has 2 fully saturated rings. The van der Waals surface area contributed by atoms with Crippen molar-refractivity contribution in [3.8, 4) is 17.2 Å². The number of benzene rings is 1. The van der Waals surface area contributed by atoms with Gasteiger partial charge in [0.25, 0.3) is 0 Å². The fourth-order valence-electron chi connectivity index (χ4n) is 5.26. The molecule has 1 saturated carbocycles. The molecule has 6 heteroatoms. The highest BCUT2D eigenvalue weighted by Crippen LogP contribution is 2.49. The molecule has 148 valence electrons. The summed E-state index contributed by atoms with van der Waals surface area (Å²) in [6, 6.07) is 7.88.